The van der Waals surface area contributed by atoms with Gasteiger partial charge in [-0.2, -0.15) is 0 Å². The number of carbonyl (C=O) groups excluding carboxylic acids is 1. The fourth-order valence-electron chi connectivity index (χ4n) is 3.19. The molecule has 1 aliphatic rings. The Morgan fingerprint density at radius 2 is 1.33 bits per heavy atom. The maximum Gasteiger partial charge on any atom is 0.417 e. The molecule has 8 heteroatoms. The minimum absolute atomic E-state index is 0.0796. The number of amides is 1. The van der Waals surface area contributed by atoms with E-state index in [1.165, 1.54) is 18.6 Å². The zero-order valence-corrected chi connectivity index (χ0v) is 14.1. The fourth-order valence-corrected chi connectivity index (χ4v) is 3.19. The number of rotatable bonds is 3. The molecule has 144 valence electrons. The molecular weight excluding hydrogens is 369 g/mol. The van der Waals surface area contributed by atoms with Crippen LogP contribution in [0.4, 0.5) is 32.4 Å². The first kappa shape index (κ1) is 19.1. The van der Waals surface area contributed by atoms with E-state index in [0.29, 0.717) is 5.92 Å². The number of hydrogen-bond acceptors (Lipinski definition) is 2. The highest BCUT2D eigenvalue weighted by molar-refractivity contribution is 5.86. The van der Waals surface area contributed by atoms with Crippen LogP contribution in [0, 0.1) is 29.1 Å². The molecule has 27 heavy (non-hydrogen) atoms. The van der Waals surface area contributed by atoms with Gasteiger partial charge in [0, 0.05) is 0 Å². The van der Waals surface area contributed by atoms with Crippen molar-refractivity contribution < 1.29 is 31.5 Å². The Labute approximate surface area is 152 Å². The smallest absolute Gasteiger partial charge is 0.410 e. The lowest BCUT2D eigenvalue weighted by atomic mass is 9.84. The van der Waals surface area contributed by atoms with Crippen LogP contribution in [-0.4, -0.2) is 6.09 Å². The number of benzene rings is 2. The van der Waals surface area contributed by atoms with E-state index in [9.17, 15) is 26.7 Å². The molecule has 2 aromatic rings. The van der Waals surface area contributed by atoms with Crippen LogP contribution in [0.15, 0.2) is 24.3 Å². The number of halogens is 5. The van der Waals surface area contributed by atoms with Crippen LogP contribution in [0.5, 0.6) is 5.75 Å². The molecule has 0 radical (unpaired) electrons. The predicted octanol–water partition coefficient (Wildman–Crippen LogP) is 6.04. The Balaban J connectivity index is 1.69. The van der Waals surface area contributed by atoms with Gasteiger partial charge in [0.2, 0.25) is 5.82 Å². The Morgan fingerprint density at radius 3 is 1.89 bits per heavy atom. The van der Waals surface area contributed by atoms with E-state index in [1.54, 1.807) is 17.4 Å². The monoisotopic (exact) mass is 385 g/mol. The molecule has 1 saturated carbocycles. The van der Waals surface area contributed by atoms with Crippen molar-refractivity contribution >= 4 is 11.8 Å². The fraction of sp³-hybridized carbons (Fsp3) is 0.316. The van der Waals surface area contributed by atoms with E-state index < -0.39 is 40.9 Å². The lowest BCUT2D eigenvalue weighted by Gasteiger charge is -2.22. The quantitative estimate of drug-likeness (QED) is 0.397. The second-order valence-corrected chi connectivity index (χ2v) is 6.36. The number of nitrogens with one attached hydrogen (secondary N) is 1. The number of hydrogen-bond donors (Lipinski definition) is 1. The van der Waals surface area contributed by atoms with Crippen LogP contribution in [0.25, 0.3) is 0 Å². The van der Waals surface area contributed by atoms with Crippen LogP contribution in [0.2, 0.25) is 0 Å². The average molecular weight is 385 g/mol. The first-order valence-corrected chi connectivity index (χ1v) is 8.48. The van der Waals surface area contributed by atoms with Crippen molar-refractivity contribution in [1.82, 2.24) is 0 Å². The largest absolute Gasteiger partial charge is 0.417 e. The van der Waals surface area contributed by atoms with E-state index in [1.807, 2.05) is 0 Å². The Bertz CT molecular complexity index is 819. The zero-order chi connectivity index (χ0) is 19.6. The molecule has 0 aliphatic heterocycles. The second-order valence-electron chi connectivity index (χ2n) is 6.36. The molecular formula is C19H16F5NO2. The van der Waals surface area contributed by atoms with Gasteiger partial charge in [-0.1, -0.05) is 31.4 Å². The van der Waals surface area contributed by atoms with E-state index >= 15 is 0 Å². The van der Waals surface area contributed by atoms with E-state index in [-0.39, 0.29) is 5.75 Å². The first-order chi connectivity index (χ1) is 12.9. The van der Waals surface area contributed by atoms with Gasteiger partial charge < -0.3 is 4.74 Å². The van der Waals surface area contributed by atoms with Gasteiger partial charge in [0.15, 0.2) is 23.3 Å². The highest BCUT2D eigenvalue weighted by atomic mass is 19.2. The van der Waals surface area contributed by atoms with Crippen LogP contribution < -0.4 is 10.1 Å². The lowest BCUT2D eigenvalue weighted by Crippen LogP contribution is -2.20. The Morgan fingerprint density at radius 1 is 0.815 bits per heavy atom. The first-order valence-electron chi connectivity index (χ1n) is 8.48. The number of ether oxygens (including phenoxy) is 1. The molecule has 1 N–H and O–H groups in total. The van der Waals surface area contributed by atoms with Crippen LogP contribution >= 0.6 is 0 Å². The highest BCUT2D eigenvalue weighted by Crippen LogP contribution is 2.33. The van der Waals surface area contributed by atoms with Crippen LogP contribution in [0.1, 0.15) is 43.6 Å². The van der Waals surface area contributed by atoms with Crippen LogP contribution in [0.3, 0.4) is 0 Å². The van der Waals surface area contributed by atoms with Gasteiger partial charge in [0.05, 0.1) is 0 Å². The van der Waals surface area contributed by atoms with Gasteiger partial charge in [0.1, 0.15) is 11.4 Å². The molecule has 3 rings (SSSR count). The van der Waals surface area contributed by atoms with Crippen molar-refractivity contribution in [3.8, 4) is 5.75 Å². The normalized spacial score (nSPS) is 14.9. The number of anilines is 1. The van der Waals surface area contributed by atoms with Gasteiger partial charge in [-0.15, -0.1) is 0 Å². The summed E-state index contributed by atoms with van der Waals surface area (Å²) in [7, 11) is 0. The van der Waals surface area contributed by atoms with Gasteiger partial charge in [-0.05, 0) is 36.5 Å². The topological polar surface area (TPSA) is 38.3 Å². The summed E-state index contributed by atoms with van der Waals surface area (Å²) in [6.07, 6.45) is 4.33. The second kappa shape index (κ2) is 7.94. The molecule has 0 heterocycles. The van der Waals surface area contributed by atoms with Crippen molar-refractivity contribution in [3.05, 3.63) is 58.9 Å². The third-order valence-electron chi connectivity index (χ3n) is 4.60. The molecule has 2 aromatic carbocycles. The van der Waals surface area contributed by atoms with Crippen molar-refractivity contribution in [2.45, 2.75) is 38.0 Å². The van der Waals surface area contributed by atoms with Crippen LogP contribution in [-0.2, 0) is 0 Å². The molecule has 1 fully saturated rings. The zero-order valence-electron chi connectivity index (χ0n) is 14.1. The van der Waals surface area contributed by atoms with Crippen molar-refractivity contribution in [3.63, 3.8) is 0 Å². The summed E-state index contributed by atoms with van der Waals surface area (Å²) < 4.78 is 71.3. The van der Waals surface area contributed by atoms with Gasteiger partial charge >= 0.3 is 6.09 Å². The minimum Gasteiger partial charge on any atom is -0.410 e. The summed E-state index contributed by atoms with van der Waals surface area (Å²) in [5.74, 6) is -10.4. The van der Waals surface area contributed by atoms with E-state index in [0.717, 1.165) is 31.2 Å². The molecule has 1 aliphatic carbocycles. The summed E-state index contributed by atoms with van der Waals surface area (Å²) in [6.45, 7) is 0. The highest BCUT2D eigenvalue weighted by Gasteiger charge is 2.27. The SMILES string of the molecule is O=C(Nc1c(F)c(F)c(F)c(F)c1F)Oc1ccc(C2CCCCC2)cc1. The molecule has 0 aromatic heterocycles. The summed E-state index contributed by atoms with van der Waals surface area (Å²) >= 11 is 0. The Kier molecular flexibility index (Phi) is 5.62. The lowest BCUT2D eigenvalue weighted by molar-refractivity contribution is 0.214. The predicted molar refractivity (Wildman–Crippen MR) is 88.1 cm³/mol. The molecule has 1 amide bonds. The maximum atomic E-state index is 13.6. The summed E-state index contributed by atoms with van der Waals surface area (Å²) in [4.78, 5) is 11.8. The molecule has 0 bridgehead atoms. The van der Waals surface area contributed by atoms with Gasteiger partial charge in [0.25, 0.3) is 0 Å². The molecule has 0 spiro atoms. The molecule has 0 atom stereocenters. The summed E-state index contributed by atoms with van der Waals surface area (Å²) in [6, 6.07) is 6.61. The number of carbonyl (C=O) groups is 1. The standard InChI is InChI=1S/C19H16F5NO2/c20-13-14(21)16(23)18(17(24)15(13)22)25-19(26)27-12-8-6-11(7-9-12)10-4-2-1-3-5-10/h6-10H,1-5H2,(H,25,26). The Hall–Kier alpha value is -2.64. The molecule has 0 unspecified atom stereocenters. The average Bonchev–Trinajstić information content (AvgIpc) is 2.69. The van der Waals surface area contributed by atoms with Gasteiger partial charge in [-0.3, -0.25) is 5.32 Å². The van der Waals surface area contributed by atoms with Gasteiger partial charge in [-0.25, -0.2) is 26.7 Å². The van der Waals surface area contributed by atoms with E-state index in [2.05, 4.69) is 0 Å². The summed E-state index contributed by atoms with van der Waals surface area (Å²) in [5.41, 5.74) is -0.363. The maximum absolute atomic E-state index is 13.6. The third kappa shape index (κ3) is 4.04. The van der Waals surface area contributed by atoms with Crippen molar-refractivity contribution in [1.29, 1.82) is 0 Å². The van der Waals surface area contributed by atoms with Crippen molar-refractivity contribution in [2.75, 3.05) is 5.32 Å². The third-order valence-corrected chi connectivity index (χ3v) is 4.60. The van der Waals surface area contributed by atoms with Crippen molar-refractivity contribution in [2.24, 2.45) is 0 Å². The molecule has 3 nitrogen and oxygen atoms in total. The summed E-state index contributed by atoms with van der Waals surface area (Å²) in [5, 5.41) is 1.56. The minimum atomic E-state index is -2.30. The van der Waals surface area contributed by atoms with E-state index in [4.69, 9.17) is 4.74 Å². The molecule has 0 saturated heterocycles.